The fraction of sp³-hybridized carbons (Fsp3) is 0.700. The van der Waals surface area contributed by atoms with Gasteiger partial charge in [-0.25, -0.2) is 4.79 Å². The number of pyridine rings is 1. The van der Waals surface area contributed by atoms with Crippen LogP contribution in [0.15, 0.2) is 24.5 Å². The van der Waals surface area contributed by atoms with Crippen LogP contribution in [0.3, 0.4) is 0 Å². The van der Waals surface area contributed by atoms with Gasteiger partial charge in [-0.15, -0.1) is 0 Å². The molecule has 0 aliphatic heterocycles. The van der Waals surface area contributed by atoms with Crippen LogP contribution in [0.25, 0.3) is 0 Å². The summed E-state index contributed by atoms with van der Waals surface area (Å²) in [6.07, 6.45) is 14.9. The van der Waals surface area contributed by atoms with Crippen molar-refractivity contribution in [1.29, 1.82) is 0 Å². The minimum Gasteiger partial charge on any atom is -0.324 e. The van der Waals surface area contributed by atoms with Gasteiger partial charge in [0.15, 0.2) is 0 Å². The third-order valence-electron chi connectivity index (χ3n) is 5.17. The number of nitrogens with zero attached hydrogens (tertiary/aromatic N) is 3. The Morgan fingerprint density at radius 1 is 1.12 bits per heavy atom. The zero-order valence-corrected chi connectivity index (χ0v) is 15.4. The van der Waals surface area contributed by atoms with Crippen molar-refractivity contribution in [2.75, 3.05) is 25.0 Å². The lowest BCUT2D eigenvalue weighted by atomic mass is 9.87. The molecule has 0 spiro atoms. The smallest absolute Gasteiger partial charge is 0.324 e. The predicted molar refractivity (Wildman–Crippen MR) is 100 cm³/mol. The van der Waals surface area contributed by atoms with E-state index in [0.29, 0.717) is 0 Å². The lowest BCUT2D eigenvalue weighted by Gasteiger charge is -2.30. The van der Waals surface area contributed by atoms with E-state index < -0.39 is 0 Å². The molecule has 1 aliphatic carbocycles. The van der Waals surface area contributed by atoms with Gasteiger partial charge in [0.1, 0.15) is 0 Å². The predicted octanol–water partition coefficient (Wildman–Crippen LogP) is 5.10. The van der Waals surface area contributed by atoms with Gasteiger partial charge in [0.25, 0.3) is 0 Å². The fourth-order valence-corrected chi connectivity index (χ4v) is 3.56. The van der Waals surface area contributed by atoms with Crippen LogP contribution in [0.4, 0.5) is 10.5 Å². The van der Waals surface area contributed by atoms with Crippen LogP contribution in [-0.2, 0) is 0 Å². The van der Waals surface area contributed by atoms with Crippen molar-refractivity contribution < 1.29 is 4.79 Å². The number of carbonyl (C=O) groups excluding carboxylic acids is 1. The number of carbonyl (C=O) groups is 1. The van der Waals surface area contributed by atoms with Crippen LogP contribution in [0.2, 0.25) is 0 Å². The van der Waals surface area contributed by atoms with Gasteiger partial charge in [0, 0.05) is 38.2 Å². The van der Waals surface area contributed by atoms with Crippen molar-refractivity contribution >= 4 is 11.7 Å². The summed E-state index contributed by atoms with van der Waals surface area (Å²) < 4.78 is 0. The molecule has 0 aromatic carbocycles. The molecule has 1 aromatic heterocycles. The molecule has 1 heterocycles. The van der Waals surface area contributed by atoms with Crippen molar-refractivity contribution in [2.45, 2.75) is 64.7 Å². The largest absolute Gasteiger partial charge is 0.324 e. The number of aromatic nitrogens is 1. The highest BCUT2D eigenvalue weighted by atomic mass is 16.2. The van der Waals surface area contributed by atoms with Gasteiger partial charge in [-0.2, -0.15) is 0 Å². The zero-order chi connectivity index (χ0) is 17.2. The SMILES string of the molecule is CCCCCN(CCC1CCCCC1)C(=O)N(C)c1ccncc1. The first-order valence-corrected chi connectivity index (χ1v) is 9.65. The van der Waals surface area contributed by atoms with Crippen LogP contribution < -0.4 is 4.90 Å². The molecule has 134 valence electrons. The van der Waals surface area contributed by atoms with Gasteiger partial charge >= 0.3 is 6.03 Å². The number of unbranched alkanes of at least 4 members (excludes halogenated alkanes) is 2. The lowest BCUT2D eigenvalue weighted by Crippen LogP contribution is -2.42. The number of anilines is 1. The van der Waals surface area contributed by atoms with Crippen molar-refractivity contribution in [2.24, 2.45) is 5.92 Å². The lowest BCUT2D eigenvalue weighted by molar-refractivity contribution is 0.196. The normalized spacial score (nSPS) is 15.2. The molecule has 0 unspecified atom stereocenters. The average molecular weight is 332 g/mol. The van der Waals surface area contributed by atoms with Crippen LogP contribution in [0.1, 0.15) is 64.7 Å². The second kappa shape index (κ2) is 10.3. The van der Waals surface area contributed by atoms with Gasteiger partial charge < -0.3 is 4.90 Å². The number of urea groups is 1. The van der Waals surface area contributed by atoms with Gasteiger partial charge in [-0.05, 0) is 30.9 Å². The van der Waals surface area contributed by atoms with Crippen molar-refractivity contribution in [3.8, 4) is 0 Å². The first kappa shape index (κ1) is 18.8. The Kier molecular flexibility index (Phi) is 8.06. The Morgan fingerprint density at radius 3 is 2.50 bits per heavy atom. The van der Waals surface area contributed by atoms with Gasteiger partial charge in [-0.1, -0.05) is 51.9 Å². The maximum Gasteiger partial charge on any atom is 0.324 e. The summed E-state index contributed by atoms with van der Waals surface area (Å²) in [6.45, 7) is 3.97. The zero-order valence-electron chi connectivity index (χ0n) is 15.4. The molecular weight excluding hydrogens is 298 g/mol. The Morgan fingerprint density at radius 2 is 1.83 bits per heavy atom. The Hall–Kier alpha value is -1.58. The summed E-state index contributed by atoms with van der Waals surface area (Å²) >= 11 is 0. The third-order valence-corrected chi connectivity index (χ3v) is 5.17. The summed E-state index contributed by atoms with van der Waals surface area (Å²) in [5.41, 5.74) is 0.910. The summed E-state index contributed by atoms with van der Waals surface area (Å²) in [4.78, 5) is 20.8. The minimum atomic E-state index is 0.119. The fourth-order valence-electron chi connectivity index (χ4n) is 3.56. The second-order valence-electron chi connectivity index (χ2n) is 7.03. The molecule has 4 heteroatoms. The van der Waals surface area contributed by atoms with E-state index in [2.05, 4.69) is 16.8 Å². The monoisotopic (exact) mass is 331 g/mol. The molecule has 1 saturated carbocycles. The van der Waals surface area contributed by atoms with E-state index in [9.17, 15) is 4.79 Å². The van der Waals surface area contributed by atoms with Crippen LogP contribution in [0.5, 0.6) is 0 Å². The number of hydrogen-bond donors (Lipinski definition) is 0. The number of rotatable bonds is 8. The van der Waals surface area contributed by atoms with E-state index >= 15 is 0 Å². The van der Waals surface area contributed by atoms with Gasteiger partial charge in [0.2, 0.25) is 0 Å². The first-order chi connectivity index (χ1) is 11.7. The van der Waals surface area contributed by atoms with E-state index in [1.54, 1.807) is 17.3 Å². The molecule has 0 N–H and O–H groups in total. The summed E-state index contributed by atoms with van der Waals surface area (Å²) in [5, 5.41) is 0. The summed E-state index contributed by atoms with van der Waals surface area (Å²) in [6, 6.07) is 3.90. The highest BCUT2D eigenvalue weighted by Gasteiger charge is 2.21. The topological polar surface area (TPSA) is 36.4 Å². The maximum absolute atomic E-state index is 12.9. The van der Waals surface area contributed by atoms with Crippen LogP contribution in [-0.4, -0.2) is 36.1 Å². The summed E-state index contributed by atoms with van der Waals surface area (Å²) in [5.74, 6) is 0.812. The molecule has 24 heavy (non-hydrogen) atoms. The van der Waals surface area contributed by atoms with Gasteiger partial charge in [0.05, 0.1) is 0 Å². The van der Waals surface area contributed by atoms with E-state index in [-0.39, 0.29) is 6.03 Å². The van der Waals surface area contributed by atoms with Gasteiger partial charge in [-0.3, -0.25) is 9.88 Å². The maximum atomic E-state index is 12.9. The summed E-state index contributed by atoms with van der Waals surface area (Å²) in [7, 11) is 1.87. The highest BCUT2D eigenvalue weighted by molar-refractivity contribution is 5.91. The Labute approximate surface area is 147 Å². The van der Waals surface area contributed by atoms with E-state index in [1.165, 1.54) is 44.9 Å². The van der Waals surface area contributed by atoms with Crippen molar-refractivity contribution in [3.63, 3.8) is 0 Å². The molecule has 1 aliphatic rings. The quantitative estimate of drug-likeness (QED) is 0.621. The molecule has 0 bridgehead atoms. The standard InChI is InChI=1S/C20H33N3O/c1-3-4-8-16-23(17-13-18-9-6-5-7-10-18)20(24)22(2)19-11-14-21-15-12-19/h11-12,14-15,18H,3-10,13,16-17H2,1-2H3. The van der Waals surface area contributed by atoms with Crippen LogP contribution >= 0.6 is 0 Å². The Bertz CT molecular complexity index is 471. The van der Waals surface area contributed by atoms with Crippen molar-refractivity contribution in [1.82, 2.24) is 9.88 Å². The van der Waals surface area contributed by atoms with Crippen LogP contribution in [0, 0.1) is 5.92 Å². The first-order valence-electron chi connectivity index (χ1n) is 9.65. The molecule has 2 amide bonds. The number of hydrogen-bond acceptors (Lipinski definition) is 2. The molecule has 1 aromatic rings. The average Bonchev–Trinajstić information content (AvgIpc) is 2.65. The minimum absolute atomic E-state index is 0.119. The molecule has 0 saturated heterocycles. The highest BCUT2D eigenvalue weighted by Crippen LogP contribution is 2.26. The molecule has 0 radical (unpaired) electrons. The Balaban J connectivity index is 1.93. The number of amides is 2. The molecular formula is C20H33N3O. The third kappa shape index (κ3) is 5.81. The second-order valence-corrected chi connectivity index (χ2v) is 7.03. The van der Waals surface area contributed by atoms with E-state index in [0.717, 1.165) is 37.5 Å². The van der Waals surface area contributed by atoms with E-state index in [4.69, 9.17) is 0 Å². The van der Waals surface area contributed by atoms with E-state index in [1.807, 2.05) is 19.2 Å². The molecule has 4 nitrogen and oxygen atoms in total. The molecule has 1 fully saturated rings. The molecule has 2 rings (SSSR count). The molecule has 0 atom stereocenters. The van der Waals surface area contributed by atoms with Crippen molar-refractivity contribution in [3.05, 3.63) is 24.5 Å².